The summed E-state index contributed by atoms with van der Waals surface area (Å²) in [5.41, 5.74) is 2.98. The molecule has 4 rings (SSSR count). The molecule has 0 aliphatic heterocycles. The summed E-state index contributed by atoms with van der Waals surface area (Å²) in [5, 5.41) is 1.99. The maximum absolute atomic E-state index is 15.2. The molecule has 0 atom stereocenters. The standard InChI is InChI=1S/C30H29ClF2O/c1-2-3-4-5-18-34-26-15-17-27(29(32)20-26)23-12-16-28-24(19-23)11-10-22(30(28)33)9-6-21-7-13-25(31)14-8-21/h7-8,10-17,19-20H,2-6,9,18H2,1H3. The van der Waals surface area contributed by atoms with E-state index in [0.29, 0.717) is 45.9 Å². The van der Waals surface area contributed by atoms with Crippen LogP contribution in [0.1, 0.15) is 43.7 Å². The first-order valence-electron chi connectivity index (χ1n) is 11.9. The van der Waals surface area contributed by atoms with Crippen LogP contribution in [0.4, 0.5) is 8.78 Å². The van der Waals surface area contributed by atoms with Crippen LogP contribution in [0.2, 0.25) is 5.02 Å². The van der Waals surface area contributed by atoms with E-state index in [2.05, 4.69) is 6.92 Å². The quantitative estimate of drug-likeness (QED) is 0.206. The highest BCUT2D eigenvalue weighted by molar-refractivity contribution is 6.30. The van der Waals surface area contributed by atoms with Gasteiger partial charge in [0, 0.05) is 22.0 Å². The van der Waals surface area contributed by atoms with Crippen molar-refractivity contribution in [1.82, 2.24) is 0 Å². The van der Waals surface area contributed by atoms with Crippen LogP contribution < -0.4 is 4.74 Å². The number of aryl methyl sites for hydroxylation is 2. The Morgan fingerprint density at radius 1 is 0.794 bits per heavy atom. The van der Waals surface area contributed by atoms with Crippen LogP contribution >= 0.6 is 11.6 Å². The van der Waals surface area contributed by atoms with Crippen LogP contribution in [0.25, 0.3) is 21.9 Å². The molecule has 0 heterocycles. The minimum atomic E-state index is -0.342. The molecule has 4 aromatic carbocycles. The third kappa shape index (κ3) is 5.95. The molecule has 4 aromatic rings. The van der Waals surface area contributed by atoms with E-state index in [1.54, 1.807) is 24.3 Å². The number of unbranched alkanes of at least 4 members (excludes halogenated alkanes) is 3. The Bertz CT molecular complexity index is 1250. The van der Waals surface area contributed by atoms with Crippen molar-refractivity contribution in [2.75, 3.05) is 6.61 Å². The number of fused-ring (bicyclic) bond motifs is 1. The van der Waals surface area contributed by atoms with E-state index >= 15 is 4.39 Å². The Kier molecular flexibility index (Phi) is 8.18. The molecule has 0 radical (unpaired) electrons. The predicted molar refractivity (Wildman–Crippen MR) is 138 cm³/mol. The average molecular weight is 479 g/mol. The van der Waals surface area contributed by atoms with Gasteiger partial charge in [-0.2, -0.15) is 0 Å². The lowest BCUT2D eigenvalue weighted by Crippen LogP contribution is -1.98. The van der Waals surface area contributed by atoms with Crippen molar-refractivity contribution < 1.29 is 13.5 Å². The molecule has 34 heavy (non-hydrogen) atoms. The third-order valence-electron chi connectivity index (χ3n) is 6.15. The average Bonchev–Trinajstić information content (AvgIpc) is 2.84. The second-order valence-electron chi connectivity index (χ2n) is 8.65. The molecule has 0 unspecified atom stereocenters. The molecule has 0 aliphatic rings. The highest BCUT2D eigenvalue weighted by atomic mass is 35.5. The number of hydrogen-bond acceptors (Lipinski definition) is 1. The second-order valence-corrected chi connectivity index (χ2v) is 9.09. The van der Waals surface area contributed by atoms with Gasteiger partial charge in [0.2, 0.25) is 0 Å². The van der Waals surface area contributed by atoms with Gasteiger partial charge in [-0.3, -0.25) is 0 Å². The Morgan fingerprint density at radius 2 is 1.62 bits per heavy atom. The molecule has 0 fully saturated rings. The molecular weight excluding hydrogens is 450 g/mol. The van der Waals surface area contributed by atoms with E-state index < -0.39 is 0 Å². The number of hydrogen-bond donors (Lipinski definition) is 0. The normalized spacial score (nSPS) is 11.2. The van der Waals surface area contributed by atoms with Gasteiger partial charge in [-0.1, -0.05) is 74.2 Å². The molecule has 176 valence electrons. The van der Waals surface area contributed by atoms with Crippen molar-refractivity contribution >= 4 is 22.4 Å². The summed E-state index contributed by atoms with van der Waals surface area (Å²) in [6.07, 6.45) is 5.77. The Labute approximate surface area is 205 Å². The van der Waals surface area contributed by atoms with Gasteiger partial charge in [-0.25, -0.2) is 8.78 Å². The first kappa shape index (κ1) is 24.2. The maximum atomic E-state index is 15.2. The Morgan fingerprint density at radius 3 is 2.38 bits per heavy atom. The summed E-state index contributed by atoms with van der Waals surface area (Å²) < 4.78 is 35.7. The molecule has 0 N–H and O–H groups in total. The summed E-state index contributed by atoms with van der Waals surface area (Å²) in [5.74, 6) is -0.0225. The molecule has 0 saturated carbocycles. The Hall–Kier alpha value is -2.91. The lowest BCUT2D eigenvalue weighted by Gasteiger charge is -2.11. The fourth-order valence-corrected chi connectivity index (χ4v) is 4.29. The highest BCUT2D eigenvalue weighted by Gasteiger charge is 2.12. The lowest BCUT2D eigenvalue weighted by atomic mass is 9.97. The van der Waals surface area contributed by atoms with Crippen molar-refractivity contribution in [2.45, 2.75) is 45.4 Å². The highest BCUT2D eigenvalue weighted by Crippen LogP contribution is 2.31. The van der Waals surface area contributed by atoms with Crippen LogP contribution in [0, 0.1) is 11.6 Å². The molecule has 0 spiro atoms. The van der Waals surface area contributed by atoms with E-state index in [4.69, 9.17) is 16.3 Å². The molecule has 4 heteroatoms. The van der Waals surface area contributed by atoms with Crippen molar-refractivity contribution in [3.8, 4) is 16.9 Å². The number of rotatable bonds is 10. The second kappa shape index (κ2) is 11.5. The van der Waals surface area contributed by atoms with Gasteiger partial charge in [-0.05, 0) is 71.7 Å². The Balaban J connectivity index is 1.48. The lowest BCUT2D eigenvalue weighted by molar-refractivity contribution is 0.303. The van der Waals surface area contributed by atoms with Gasteiger partial charge in [0.05, 0.1) is 6.61 Å². The van der Waals surface area contributed by atoms with Gasteiger partial charge < -0.3 is 4.74 Å². The van der Waals surface area contributed by atoms with E-state index in [-0.39, 0.29) is 11.6 Å². The molecule has 0 aromatic heterocycles. The summed E-state index contributed by atoms with van der Waals surface area (Å²) in [7, 11) is 0. The SMILES string of the molecule is CCCCCCOc1ccc(-c2ccc3c(F)c(CCc4ccc(Cl)cc4)ccc3c2)c(F)c1. The van der Waals surface area contributed by atoms with Gasteiger partial charge in [0.15, 0.2) is 0 Å². The minimum absolute atomic E-state index is 0.217. The fraction of sp³-hybridized carbons (Fsp3) is 0.267. The smallest absolute Gasteiger partial charge is 0.134 e. The van der Waals surface area contributed by atoms with Gasteiger partial charge in [0.25, 0.3) is 0 Å². The topological polar surface area (TPSA) is 9.23 Å². The van der Waals surface area contributed by atoms with Gasteiger partial charge in [-0.15, -0.1) is 0 Å². The van der Waals surface area contributed by atoms with Crippen LogP contribution in [0.15, 0.2) is 72.8 Å². The third-order valence-corrected chi connectivity index (χ3v) is 6.40. The van der Waals surface area contributed by atoms with E-state index in [0.717, 1.165) is 30.2 Å². The summed E-state index contributed by atoms with van der Waals surface area (Å²) in [4.78, 5) is 0. The maximum Gasteiger partial charge on any atom is 0.134 e. The summed E-state index contributed by atoms with van der Waals surface area (Å²) in [6, 6.07) is 21.7. The van der Waals surface area contributed by atoms with Crippen LogP contribution in [0.5, 0.6) is 5.75 Å². The zero-order chi connectivity index (χ0) is 23.9. The molecule has 0 saturated heterocycles. The molecular formula is C30H29ClF2O. The molecule has 0 aliphatic carbocycles. The van der Waals surface area contributed by atoms with Crippen molar-refractivity contribution in [3.05, 3.63) is 101 Å². The van der Waals surface area contributed by atoms with Crippen LogP contribution in [-0.2, 0) is 12.8 Å². The molecule has 0 bridgehead atoms. The van der Waals surface area contributed by atoms with Gasteiger partial charge >= 0.3 is 0 Å². The van der Waals surface area contributed by atoms with E-state index in [1.165, 1.54) is 18.9 Å². The van der Waals surface area contributed by atoms with Crippen molar-refractivity contribution in [1.29, 1.82) is 0 Å². The summed E-state index contributed by atoms with van der Waals surface area (Å²) in [6.45, 7) is 2.76. The van der Waals surface area contributed by atoms with Crippen LogP contribution in [0.3, 0.4) is 0 Å². The van der Waals surface area contributed by atoms with Crippen molar-refractivity contribution in [3.63, 3.8) is 0 Å². The van der Waals surface area contributed by atoms with Gasteiger partial charge in [0.1, 0.15) is 17.4 Å². The number of halogens is 3. The van der Waals surface area contributed by atoms with E-state index in [9.17, 15) is 4.39 Å². The minimum Gasteiger partial charge on any atom is -0.493 e. The first-order valence-corrected chi connectivity index (χ1v) is 12.3. The number of ether oxygens (including phenoxy) is 1. The first-order chi connectivity index (χ1) is 16.5. The zero-order valence-electron chi connectivity index (χ0n) is 19.4. The molecule has 0 amide bonds. The monoisotopic (exact) mass is 478 g/mol. The largest absolute Gasteiger partial charge is 0.493 e. The zero-order valence-corrected chi connectivity index (χ0v) is 20.2. The van der Waals surface area contributed by atoms with Crippen molar-refractivity contribution in [2.24, 2.45) is 0 Å². The molecule has 1 nitrogen and oxygen atoms in total. The van der Waals surface area contributed by atoms with E-state index in [1.807, 2.05) is 42.5 Å². The fourth-order valence-electron chi connectivity index (χ4n) is 4.17. The summed E-state index contributed by atoms with van der Waals surface area (Å²) >= 11 is 5.94. The number of benzene rings is 4. The van der Waals surface area contributed by atoms with Crippen LogP contribution in [-0.4, -0.2) is 6.61 Å². The predicted octanol–water partition coefficient (Wildman–Crippen LogP) is 9.18.